The number of benzene rings is 1. The van der Waals surface area contributed by atoms with E-state index in [0.717, 1.165) is 37.7 Å². The highest BCUT2D eigenvalue weighted by molar-refractivity contribution is 5.89. The van der Waals surface area contributed by atoms with Gasteiger partial charge in [0.15, 0.2) is 6.10 Å². The van der Waals surface area contributed by atoms with Gasteiger partial charge < -0.3 is 15.8 Å². The molecule has 0 heterocycles. The van der Waals surface area contributed by atoms with Gasteiger partial charge in [0.1, 0.15) is 6.04 Å². The molecule has 5 heteroatoms. The molecule has 0 spiro atoms. The van der Waals surface area contributed by atoms with Crippen LogP contribution in [0.3, 0.4) is 0 Å². The average Bonchev–Trinajstić information content (AvgIpc) is 2.58. The van der Waals surface area contributed by atoms with Crippen molar-refractivity contribution in [1.82, 2.24) is 5.32 Å². The van der Waals surface area contributed by atoms with E-state index in [1.54, 1.807) is 0 Å². The Kier molecular flexibility index (Phi) is 9.46. The molecular formula is C19H28N2O3. The van der Waals surface area contributed by atoms with Gasteiger partial charge in [-0.05, 0) is 24.8 Å². The summed E-state index contributed by atoms with van der Waals surface area (Å²) in [7, 11) is 1.47. The fraction of sp³-hybridized carbons (Fsp3) is 0.474. The lowest BCUT2D eigenvalue weighted by Gasteiger charge is -2.20. The summed E-state index contributed by atoms with van der Waals surface area (Å²) in [6.07, 6.45) is 6.71. The molecule has 0 aliphatic rings. The summed E-state index contributed by atoms with van der Waals surface area (Å²) in [4.78, 5) is 24.0. The number of methoxy groups -OCH3 is 1. The molecule has 0 fully saturated rings. The van der Waals surface area contributed by atoms with Gasteiger partial charge in [0.25, 0.3) is 5.91 Å². The van der Waals surface area contributed by atoms with Crippen LogP contribution < -0.4 is 11.1 Å². The molecule has 5 nitrogen and oxygen atoms in total. The molecule has 3 N–H and O–H groups in total. The molecule has 2 amide bonds. The first-order chi connectivity index (χ1) is 11.6. The Labute approximate surface area is 144 Å². The van der Waals surface area contributed by atoms with E-state index in [1.165, 1.54) is 7.11 Å². The maximum absolute atomic E-state index is 12.4. The van der Waals surface area contributed by atoms with E-state index >= 15 is 0 Å². The van der Waals surface area contributed by atoms with Gasteiger partial charge in [-0.1, -0.05) is 55.7 Å². The second-order valence-electron chi connectivity index (χ2n) is 5.77. The number of nitrogens with two attached hydrogens (primary N) is 1. The van der Waals surface area contributed by atoms with Crippen LogP contribution in [0, 0.1) is 0 Å². The molecule has 24 heavy (non-hydrogen) atoms. The number of allylic oxidation sites excluding steroid dienone is 1. The van der Waals surface area contributed by atoms with Crippen LogP contribution in [0.2, 0.25) is 0 Å². The van der Waals surface area contributed by atoms with E-state index in [0.29, 0.717) is 6.42 Å². The number of hydrogen-bond donors (Lipinski definition) is 2. The van der Waals surface area contributed by atoms with Gasteiger partial charge in [-0.3, -0.25) is 9.59 Å². The Hall–Kier alpha value is -2.14. The van der Waals surface area contributed by atoms with Crippen molar-refractivity contribution >= 4 is 11.8 Å². The normalized spacial score (nSPS) is 13.0. The molecule has 1 aromatic rings. The predicted octanol–water partition coefficient (Wildman–Crippen LogP) is 2.87. The minimum Gasteiger partial charge on any atom is -0.368 e. The van der Waals surface area contributed by atoms with Crippen molar-refractivity contribution in [1.29, 1.82) is 0 Å². The molecule has 132 valence electrons. The molecule has 0 unspecified atom stereocenters. The fourth-order valence-electron chi connectivity index (χ4n) is 2.55. The van der Waals surface area contributed by atoms with Gasteiger partial charge in [0, 0.05) is 7.11 Å². The highest BCUT2D eigenvalue weighted by Crippen LogP contribution is 2.17. The van der Waals surface area contributed by atoms with Crippen molar-refractivity contribution in [2.45, 2.75) is 50.7 Å². The summed E-state index contributed by atoms with van der Waals surface area (Å²) < 4.78 is 5.28. The van der Waals surface area contributed by atoms with Crippen molar-refractivity contribution in [3.05, 3.63) is 48.6 Å². The Bertz CT molecular complexity index is 517. The van der Waals surface area contributed by atoms with Crippen molar-refractivity contribution in [3.8, 4) is 0 Å². The number of carbonyl (C=O) groups is 2. The van der Waals surface area contributed by atoms with E-state index in [-0.39, 0.29) is 5.91 Å². The first-order valence-electron chi connectivity index (χ1n) is 8.38. The highest BCUT2D eigenvalue weighted by Gasteiger charge is 2.24. The van der Waals surface area contributed by atoms with Crippen molar-refractivity contribution in [2.24, 2.45) is 5.73 Å². The van der Waals surface area contributed by atoms with E-state index in [9.17, 15) is 9.59 Å². The Morgan fingerprint density at radius 3 is 2.46 bits per heavy atom. The van der Waals surface area contributed by atoms with Crippen LogP contribution in [0.25, 0.3) is 0 Å². The minimum absolute atomic E-state index is 0.348. The molecule has 0 saturated carbocycles. The summed E-state index contributed by atoms with van der Waals surface area (Å²) in [5, 5.41) is 2.71. The van der Waals surface area contributed by atoms with Crippen LogP contribution in [-0.4, -0.2) is 25.0 Å². The van der Waals surface area contributed by atoms with Gasteiger partial charge in [-0.15, -0.1) is 6.58 Å². The molecule has 0 aliphatic carbocycles. The number of rotatable bonds is 12. The average molecular weight is 332 g/mol. The second kappa shape index (κ2) is 11.4. The summed E-state index contributed by atoms with van der Waals surface area (Å²) in [6, 6.07) is 8.50. The summed E-state index contributed by atoms with van der Waals surface area (Å²) >= 11 is 0. The third-order valence-corrected chi connectivity index (χ3v) is 3.89. The van der Waals surface area contributed by atoms with E-state index < -0.39 is 18.1 Å². The Morgan fingerprint density at radius 1 is 1.21 bits per heavy atom. The smallest absolute Gasteiger partial charge is 0.254 e. The first kappa shape index (κ1) is 19.9. The largest absolute Gasteiger partial charge is 0.368 e. The summed E-state index contributed by atoms with van der Waals surface area (Å²) in [5.41, 5.74) is 6.16. The van der Waals surface area contributed by atoms with E-state index in [4.69, 9.17) is 10.5 Å². The quantitative estimate of drug-likeness (QED) is 0.456. The zero-order chi connectivity index (χ0) is 17.8. The highest BCUT2D eigenvalue weighted by atomic mass is 16.5. The summed E-state index contributed by atoms with van der Waals surface area (Å²) in [5.74, 6) is -0.864. The number of ether oxygens (including phenoxy) is 1. The zero-order valence-electron chi connectivity index (χ0n) is 14.4. The number of hydrogen-bond acceptors (Lipinski definition) is 3. The number of nitrogens with one attached hydrogen (secondary N) is 1. The maximum atomic E-state index is 12.4. The van der Waals surface area contributed by atoms with Crippen LogP contribution in [0.5, 0.6) is 0 Å². The molecule has 1 rings (SSSR count). The second-order valence-corrected chi connectivity index (χ2v) is 5.77. The standard InChI is InChI=1S/C19H28N2O3/c1-3-4-5-6-7-11-14-16(18(20)22)21-19(23)17(24-2)15-12-9-8-10-13-15/h3,8-10,12-13,16-17H,1,4-7,11,14H2,2H3,(H2,20,22)(H,21,23)/t16-,17+/m1/s1. The molecule has 0 saturated heterocycles. The number of carbonyl (C=O) groups excluding carboxylic acids is 2. The van der Waals surface area contributed by atoms with Gasteiger partial charge in [-0.25, -0.2) is 0 Å². The molecule has 0 aromatic heterocycles. The van der Waals surface area contributed by atoms with Crippen LogP contribution in [-0.2, 0) is 14.3 Å². The first-order valence-corrected chi connectivity index (χ1v) is 8.38. The maximum Gasteiger partial charge on any atom is 0.254 e. The van der Waals surface area contributed by atoms with E-state index in [2.05, 4.69) is 11.9 Å². The van der Waals surface area contributed by atoms with Crippen LogP contribution in [0.15, 0.2) is 43.0 Å². The van der Waals surface area contributed by atoms with E-state index in [1.807, 2.05) is 36.4 Å². The number of amides is 2. The Morgan fingerprint density at radius 2 is 1.88 bits per heavy atom. The molecule has 1 aromatic carbocycles. The van der Waals surface area contributed by atoms with Crippen LogP contribution >= 0.6 is 0 Å². The topological polar surface area (TPSA) is 81.4 Å². The third kappa shape index (κ3) is 6.96. The predicted molar refractivity (Wildman–Crippen MR) is 95.2 cm³/mol. The van der Waals surface area contributed by atoms with Crippen LogP contribution in [0.4, 0.5) is 0 Å². The van der Waals surface area contributed by atoms with Crippen LogP contribution in [0.1, 0.15) is 50.2 Å². The van der Waals surface area contributed by atoms with Gasteiger partial charge in [0.05, 0.1) is 0 Å². The van der Waals surface area contributed by atoms with Crippen molar-refractivity contribution < 1.29 is 14.3 Å². The molecular weight excluding hydrogens is 304 g/mol. The zero-order valence-corrected chi connectivity index (χ0v) is 14.4. The monoisotopic (exact) mass is 332 g/mol. The van der Waals surface area contributed by atoms with Gasteiger partial charge in [0.2, 0.25) is 5.91 Å². The Balaban J connectivity index is 2.52. The fourth-order valence-corrected chi connectivity index (χ4v) is 2.55. The van der Waals surface area contributed by atoms with Crippen molar-refractivity contribution in [2.75, 3.05) is 7.11 Å². The molecule has 2 atom stereocenters. The SMILES string of the molecule is C=CCCCCCC[C@@H](NC(=O)[C@@H](OC)c1ccccc1)C(N)=O. The number of unbranched alkanes of at least 4 members (excludes halogenated alkanes) is 4. The lowest BCUT2D eigenvalue weighted by atomic mass is 10.0. The lowest BCUT2D eigenvalue weighted by molar-refractivity contribution is -0.135. The van der Waals surface area contributed by atoms with Crippen molar-refractivity contribution in [3.63, 3.8) is 0 Å². The minimum atomic E-state index is -0.749. The number of primary amides is 1. The summed E-state index contributed by atoms with van der Waals surface area (Å²) in [6.45, 7) is 3.69. The lowest BCUT2D eigenvalue weighted by Crippen LogP contribution is -2.46. The molecule has 0 radical (unpaired) electrons. The molecule has 0 aliphatic heterocycles. The molecule has 0 bridgehead atoms. The third-order valence-electron chi connectivity index (χ3n) is 3.89. The van der Waals surface area contributed by atoms with Gasteiger partial charge in [-0.2, -0.15) is 0 Å². The van der Waals surface area contributed by atoms with Gasteiger partial charge >= 0.3 is 0 Å².